The van der Waals surface area contributed by atoms with Gasteiger partial charge in [-0.25, -0.2) is 0 Å². The minimum Gasteiger partial charge on any atom is -0.394 e. The number of hydrogen-bond acceptors (Lipinski definition) is 7. The number of ether oxygens (including phenoxy) is 1. The van der Waals surface area contributed by atoms with Crippen LogP contribution < -0.4 is 5.32 Å². The Kier molecular flexibility index (Phi) is 3.90. The van der Waals surface area contributed by atoms with E-state index in [2.05, 4.69) is 10.5 Å². The van der Waals surface area contributed by atoms with E-state index >= 15 is 0 Å². The molecule has 1 aliphatic heterocycles. The minimum atomic E-state index is -1.26. The molecule has 0 amide bonds. The van der Waals surface area contributed by atoms with E-state index in [0.29, 0.717) is 0 Å². The lowest BCUT2D eigenvalue weighted by molar-refractivity contribution is -0.226. The maximum absolute atomic E-state index is 10.4. The Labute approximate surface area is 80.7 Å². The third-order valence-corrected chi connectivity index (χ3v) is 2.36. The molecule has 1 saturated heterocycles. The molecule has 0 spiro atoms. The van der Waals surface area contributed by atoms with Crippen molar-refractivity contribution in [1.82, 2.24) is 5.32 Å². The molecule has 0 saturated carbocycles. The summed E-state index contributed by atoms with van der Waals surface area (Å²) in [5.74, 6) is 0. The van der Waals surface area contributed by atoms with Crippen molar-refractivity contribution in [3.05, 3.63) is 4.91 Å². The van der Waals surface area contributed by atoms with Crippen molar-refractivity contribution in [3.63, 3.8) is 0 Å². The Hall–Kier alpha value is -0.600. The summed E-state index contributed by atoms with van der Waals surface area (Å²) >= 11 is 0. The number of nitroso groups, excluding NO2 is 1. The van der Waals surface area contributed by atoms with Crippen LogP contribution in [0.4, 0.5) is 0 Å². The molecule has 7 nitrogen and oxygen atoms in total. The van der Waals surface area contributed by atoms with Crippen LogP contribution in [0.2, 0.25) is 0 Å². The van der Waals surface area contributed by atoms with Gasteiger partial charge in [0.05, 0.1) is 12.6 Å². The quantitative estimate of drug-likeness (QED) is 0.389. The second-order valence-electron chi connectivity index (χ2n) is 3.15. The Morgan fingerprint density at radius 1 is 1.50 bits per heavy atom. The molecule has 0 aromatic heterocycles. The van der Waals surface area contributed by atoms with Crippen molar-refractivity contribution in [1.29, 1.82) is 0 Å². The maximum atomic E-state index is 10.4. The molecule has 1 rings (SSSR count). The van der Waals surface area contributed by atoms with Crippen LogP contribution in [0.25, 0.3) is 0 Å². The third-order valence-electron chi connectivity index (χ3n) is 2.36. The number of rotatable bonds is 3. The molecule has 0 aromatic rings. The Morgan fingerprint density at radius 2 is 2.14 bits per heavy atom. The standard InChI is InChI=1S/C7H14N2O5/c1-8-5-4(9-13)6(11)3(2-10)14-7(5)12/h3-8,10-12H,2H2,1H3. The zero-order valence-electron chi connectivity index (χ0n) is 7.70. The molecule has 1 heterocycles. The lowest BCUT2D eigenvalue weighted by Gasteiger charge is -2.39. The summed E-state index contributed by atoms with van der Waals surface area (Å²) < 4.78 is 4.88. The molecular weight excluding hydrogens is 192 g/mol. The van der Waals surface area contributed by atoms with Gasteiger partial charge in [0.15, 0.2) is 6.29 Å². The van der Waals surface area contributed by atoms with E-state index < -0.39 is 37.2 Å². The van der Waals surface area contributed by atoms with Crippen LogP contribution in [0.1, 0.15) is 0 Å². The largest absolute Gasteiger partial charge is 0.394 e. The van der Waals surface area contributed by atoms with Crippen molar-refractivity contribution in [2.75, 3.05) is 13.7 Å². The van der Waals surface area contributed by atoms with E-state index in [1.807, 2.05) is 0 Å². The Bertz CT molecular complexity index is 203. The van der Waals surface area contributed by atoms with Gasteiger partial charge in [-0.15, -0.1) is 0 Å². The summed E-state index contributed by atoms with van der Waals surface area (Å²) in [4.78, 5) is 10.4. The normalized spacial score (nSPS) is 43.6. The van der Waals surface area contributed by atoms with Crippen LogP contribution in [-0.4, -0.2) is 59.6 Å². The maximum Gasteiger partial charge on any atom is 0.172 e. The summed E-state index contributed by atoms with van der Waals surface area (Å²) in [6, 6.07) is -1.79. The second-order valence-corrected chi connectivity index (χ2v) is 3.15. The molecule has 0 radical (unpaired) electrons. The van der Waals surface area contributed by atoms with Crippen LogP contribution in [0.3, 0.4) is 0 Å². The molecule has 5 atom stereocenters. The summed E-state index contributed by atoms with van der Waals surface area (Å²) in [6.07, 6.45) is -3.45. The first-order valence-corrected chi connectivity index (χ1v) is 4.28. The average molecular weight is 206 g/mol. The fourth-order valence-corrected chi connectivity index (χ4v) is 1.54. The topological polar surface area (TPSA) is 111 Å². The molecule has 0 aliphatic carbocycles. The van der Waals surface area contributed by atoms with E-state index in [9.17, 15) is 15.1 Å². The van der Waals surface area contributed by atoms with E-state index in [0.717, 1.165) is 0 Å². The molecule has 7 heteroatoms. The van der Waals surface area contributed by atoms with Gasteiger partial charge in [-0.05, 0) is 7.05 Å². The van der Waals surface area contributed by atoms with Crippen LogP contribution >= 0.6 is 0 Å². The fourth-order valence-electron chi connectivity index (χ4n) is 1.54. The van der Waals surface area contributed by atoms with Gasteiger partial charge >= 0.3 is 0 Å². The predicted molar refractivity (Wildman–Crippen MR) is 46.4 cm³/mol. The van der Waals surface area contributed by atoms with Crippen molar-refractivity contribution in [3.8, 4) is 0 Å². The molecule has 1 aliphatic rings. The van der Waals surface area contributed by atoms with Crippen molar-refractivity contribution in [2.24, 2.45) is 5.18 Å². The molecule has 1 fully saturated rings. The van der Waals surface area contributed by atoms with Crippen LogP contribution in [-0.2, 0) is 4.74 Å². The summed E-state index contributed by atoms with van der Waals surface area (Å²) in [7, 11) is 1.52. The van der Waals surface area contributed by atoms with E-state index in [1.165, 1.54) is 7.05 Å². The van der Waals surface area contributed by atoms with Crippen molar-refractivity contribution in [2.45, 2.75) is 30.6 Å². The first kappa shape index (κ1) is 11.5. The van der Waals surface area contributed by atoms with Gasteiger partial charge in [0.2, 0.25) is 0 Å². The highest BCUT2D eigenvalue weighted by atomic mass is 16.6. The molecule has 82 valence electrons. The van der Waals surface area contributed by atoms with Crippen LogP contribution in [0.5, 0.6) is 0 Å². The average Bonchev–Trinajstić information content (AvgIpc) is 2.20. The lowest BCUT2D eigenvalue weighted by Crippen LogP contribution is -2.61. The first-order valence-electron chi connectivity index (χ1n) is 4.28. The molecule has 4 N–H and O–H groups in total. The van der Waals surface area contributed by atoms with Crippen molar-refractivity contribution >= 4 is 0 Å². The third kappa shape index (κ3) is 1.91. The van der Waals surface area contributed by atoms with Gasteiger partial charge in [0, 0.05) is 0 Å². The van der Waals surface area contributed by atoms with E-state index in [1.54, 1.807) is 0 Å². The van der Waals surface area contributed by atoms with E-state index in [-0.39, 0.29) is 0 Å². The molecule has 0 aromatic carbocycles. The number of nitrogens with one attached hydrogen (secondary N) is 1. The fraction of sp³-hybridized carbons (Fsp3) is 1.00. The SMILES string of the molecule is CNC1C(O)OC(CO)C(O)C1N=O. The molecule has 5 unspecified atom stereocenters. The zero-order chi connectivity index (χ0) is 10.7. The highest BCUT2D eigenvalue weighted by molar-refractivity contribution is 4.96. The van der Waals surface area contributed by atoms with Gasteiger partial charge in [-0.2, -0.15) is 4.91 Å². The molecule has 0 bridgehead atoms. The lowest BCUT2D eigenvalue weighted by atomic mass is 9.95. The van der Waals surface area contributed by atoms with Crippen LogP contribution in [0.15, 0.2) is 5.18 Å². The highest BCUT2D eigenvalue weighted by Gasteiger charge is 2.44. The summed E-state index contributed by atoms with van der Waals surface area (Å²) in [5, 5.41) is 33.0. The summed E-state index contributed by atoms with van der Waals surface area (Å²) in [5.41, 5.74) is 0. The van der Waals surface area contributed by atoms with Crippen molar-refractivity contribution < 1.29 is 20.1 Å². The number of nitrogens with zero attached hydrogens (tertiary/aromatic N) is 1. The number of aliphatic hydroxyl groups excluding tert-OH is 3. The van der Waals surface area contributed by atoms with Gasteiger partial charge < -0.3 is 25.4 Å². The van der Waals surface area contributed by atoms with Gasteiger partial charge in [-0.1, -0.05) is 5.18 Å². The Balaban J connectivity index is 2.78. The van der Waals surface area contributed by atoms with E-state index in [4.69, 9.17) is 9.84 Å². The number of likely N-dealkylation sites (N-methyl/N-ethyl adjacent to an activating group) is 1. The second kappa shape index (κ2) is 4.76. The molecule has 14 heavy (non-hydrogen) atoms. The first-order chi connectivity index (χ1) is 6.65. The monoisotopic (exact) mass is 206 g/mol. The number of aliphatic hydroxyl groups is 3. The Morgan fingerprint density at radius 3 is 2.57 bits per heavy atom. The smallest absolute Gasteiger partial charge is 0.172 e. The van der Waals surface area contributed by atoms with Crippen LogP contribution in [0, 0.1) is 4.91 Å². The van der Waals surface area contributed by atoms with Gasteiger partial charge in [0.25, 0.3) is 0 Å². The predicted octanol–water partition coefficient (Wildman–Crippen LogP) is -2.22. The molecular formula is C7H14N2O5. The summed E-state index contributed by atoms with van der Waals surface area (Å²) in [6.45, 7) is -0.472. The van der Waals surface area contributed by atoms with Gasteiger partial charge in [-0.3, -0.25) is 0 Å². The minimum absolute atomic E-state index is 0.472. The highest BCUT2D eigenvalue weighted by Crippen LogP contribution is 2.21. The number of hydrogen-bond donors (Lipinski definition) is 4. The zero-order valence-corrected chi connectivity index (χ0v) is 7.70. The van der Waals surface area contributed by atoms with Gasteiger partial charge in [0.1, 0.15) is 18.2 Å².